The fourth-order valence-electron chi connectivity index (χ4n) is 1.32. The number of hydrogen-bond acceptors (Lipinski definition) is 3. The van der Waals surface area contributed by atoms with E-state index in [0.717, 1.165) is 0 Å². The van der Waals surface area contributed by atoms with E-state index in [1.165, 1.54) is 13.8 Å². The maximum absolute atomic E-state index is 11.8. The fourth-order valence-corrected chi connectivity index (χ4v) is 1.32. The third kappa shape index (κ3) is 5.90. The Morgan fingerprint density at radius 2 is 1.60 bits per heavy atom. The Hall–Kier alpha value is -1.79. The normalized spacial score (nSPS) is 15.7. The lowest BCUT2D eigenvalue weighted by molar-refractivity contribution is -0.143. The minimum atomic E-state index is -1.36. The molecule has 0 saturated carbocycles. The zero-order chi connectivity index (χ0) is 16.1. The molecule has 0 radical (unpaired) electrons. The van der Waals surface area contributed by atoms with Gasteiger partial charge in [0.05, 0.1) is 0 Å². The van der Waals surface area contributed by atoms with Crippen LogP contribution in [-0.2, 0) is 9.59 Å². The number of nitrogens with one attached hydrogen (secondary N) is 3. The lowest BCUT2D eigenvalue weighted by Crippen LogP contribution is -2.58. The first kappa shape index (κ1) is 18.2. The van der Waals surface area contributed by atoms with E-state index in [1.54, 1.807) is 6.92 Å². The topological polar surface area (TPSA) is 108 Å². The zero-order valence-electron chi connectivity index (χ0n) is 13.0. The summed E-state index contributed by atoms with van der Waals surface area (Å²) >= 11 is 0. The van der Waals surface area contributed by atoms with E-state index >= 15 is 0 Å². The van der Waals surface area contributed by atoms with Crippen molar-refractivity contribution in [1.82, 2.24) is 16.0 Å². The Morgan fingerprint density at radius 1 is 1.10 bits per heavy atom. The van der Waals surface area contributed by atoms with Gasteiger partial charge in [-0.15, -0.1) is 0 Å². The molecule has 0 spiro atoms. The molecule has 2 unspecified atom stereocenters. The first-order valence-electron chi connectivity index (χ1n) is 6.55. The van der Waals surface area contributed by atoms with Crippen LogP contribution in [-0.4, -0.2) is 40.1 Å². The molecule has 0 fully saturated rings. The third-order valence-corrected chi connectivity index (χ3v) is 2.81. The molecule has 0 aliphatic heterocycles. The zero-order valence-corrected chi connectivity index (χ0v) is 13.0. The molecule has 7 heteroatoms. The minimum Gasteiger partial charge on any atom is -0.480 e. The van der Waals surface area contributed by atoms with Gasteiger partial charge in [-0.3, -0.25) is 4.79 Å². The number of carbonyl (C=O) groups excluding carboxylic acids is 2. The standard InChI is InChI=1S/C13H25N3O4/c1-7-13(6,10(18)19)16-11(20)14-8(2)9(17)15-12(3,4)5/h8H,7H2,1-6H3,(H,15,17)(H,18,19)(H2,14,16,20). The van der Waals surface area contributed by atoms with Crippen LogP contribution >= 0.6 is 0 Å². The molecule has 0 aromatic heterocycles. The van der Waals surface area contributed by atoms with Gasteiger partial charge in [0, 0.05) is 5.54 Å². The minimum absolute atomic E-state index is 0.234. The molecule has 0 aliphatic carbocycles. The number of aliphatic carboxylic acids is 1. The van der Waals surface area contributed by atoms with E-state index in [2.05, 4.69) is 16.0 Å². The van der Waals surface area contributed by atoms with Crippen molar-refractivity contribution < 1.29 is 19.5 Å². The number of hydrogen-bond donors (Lipinski definition) is 4. The van der Waals surface area contributed by atoms with Crippen molar-refractivity contribution in [3.63, 3.8) is 0 Å². The molecule has 116 valence electrons. The van der Waals surface area contributed by atoms with Gasteiger partial charge in [0.15, 0.2) is 0 Å². The SMILES string of the molecule is CCC(C)(NC(=O)NC(C)C(=O)NC(C)(C)C)C(=O)O. The Labute approximate surface area is 119 Å². The van der Waals surface area contributed by atoms with Gasteiger partial charge < -0.3 is 21.1 Å². The Kier molecular flexibility index (Phi) is 5.99. The molecule has 0 saturated heterocycles. The van der Waals surface area contributed by atoms with Gasteiger partial charge in [0.1, 0.15) is 11.6 Å². The number of carboxylic acids is 1. The van der Waals surface area contributed by atoms with E-state index in [4.69, 9.17) is 5.11 Å². The summed E-state index contributed by atoms with van der Waals surface area (Å²) in [5.41, 5.74) is -1.76. The molecule has 20 heavy (non-hydrogen) atoms. The Bertz CT molecular complexity index is 390. The van der Waals surface area contributed by atoms with Crippen LogP contribution < -0.4 is 16.0 Å². The van der Waals surface area contributed by atoms with Crippen LogP contribution in [0.5, 0.6) is 0 Å². The number of carboxylic acid groups (broad SMARTS) is 1. The van der Waals surface area contributed by atoms with E-state index in [9.17, 15) is 14.4 Å². The number of rotatable bonds is 5. The maximum Gasteiger partial charge on any atom is 0.329 e. The summed E-state index contributed by atoms with van der Waals surface area (Å²) in [7, 11) is 0. The highest BCUT2D eigenvalue weighted by molar-refractivity contribution is 5.90. The lowest BCUT2D eigenvalue weighted by Gasteiger charge is -2.27. The molecule has 0 aromatic carbocycles. The van der Waals surface area contributed by atoms with Crippen molar-refractivity contribution in [2.24, 2.45) is 0 Å². The van der Waals surface area contributed by atoms with Crippen LogP contribution in [0.4, 0.5) is 4.79 Å². The highest BCUT2D eigenvalue weighted by Crippen LogP contribution is 2.08. The van der Waals surface area contributed by atoms with Crippen molar-refractivity contribution >= 4 is 17.9 Å². The van der Waals surface area contributed by atoms with Crippen LogP contribution in [0.25, 0.3) is 0 Å². The van der Waals surface area contributed by atoms with Crippen molar-refractivity contribution in [3.8, 4) is 0 Å². The van der Waals surface area contributed by atoms with E-state index in [0.29, 0.717) is 0 Å². The second kappa shape index (κ2) is 6.58. The third-order valence-electron chi connectivity index (χ3n) is 2.81. The van der Waals surface area contributed by atoms with Gasteiger partial charge in [0.25, 0.3) is 0 Å². The quantitative estimate of drug-likeness (QED) is 0.601. The summed E-state index contributed by atoms with van der Waals surface area (Å²) in [6, 6.07) is -1.45. The molecule has 3 amide bonds. The second-order valence-corrected chi connectivity index (χ2v) is 6.05. The van der Waals surface area contributed by atoms with Gasteiger partial charge in [-0.05, 0) is 41.0 Å². The summed E-state index contributed by atoms with van der Waals surface area (Å²) in [5.74, 6) is -1.46. The van der Waals surface area contributed by atoms with Crippen molar-refractivity contribution in [3.05, 3.63) is 0 Å². The van der Waals surface area contributed by atoms with E-state index in [1.807, 2.05) is 20.8 Å². The first-order chi connectivity index (χ1) is 8.91. The van der Waals surface area contributed by atoms with Gasteiger partial charge in [0.2, 0.25) is 5.91 Å². The molecule has 0 bridgehead atoms. The average Bonchev–Trinajstić information content (AvgIpc) is 2.25. The van der Waals surface area contributed by atoms with Gasteiger partial charge in [-0.2, -0.15) is 0 Å². The number of urea groups is 1. The largest absolute Gasteiger partial charge is 0.480 e. The molecule has 0 heterocycles. The smallest absolute Gasteiger partial charge is 0.329 e. The van der Waals surface area contributed by atoms with Crippen molar-refractivity contribution in [2.45, 2.75) is 65.1 Å². The lowest BCUT2D eigenvalue weighted by atomic mass is 10.00. The van der Waals surface area contributed by atoms with Crippen LogP contribution in [0.1, 0.15) is 48.0 Å². The van der Waals surface area contributed by atoms with Crippen LogP contribution in [0.2, 0.25) is 0 Å². The number of carbonyl (C=O) groups is 3. The average molecular weight is 287 g/mol. The van der Waals surface area contributed by atoms with Crippen LogP contribution in [0.15, 0.2) is 0 Å². The highest BCUT2D eigenvalue weighted by Gasteiger charge is 2.33. The fraction of sp³-hybridized carbons (Fsp3) is 0.769. The molecule has 4 N–H and O–H groups in total. The molecular weight excluding hydrogens is 262 g/mol. The molecule has 0 aromatic rings. The van der Waals surface area contributed by atoms with Crippen molar-refractivity contribution in [1.29, 1.82) is 0 Å². The number of amides is 3. The maximum atomic E-state index is 11.8. The molecule has 0 rings (SSSR count). The van der Waals surface area contributed by atoms with Gasteiger partial charge in [-0.1, -0.05) is 6.92 Å². The Morgan fingerprint density at radius 3 is 1.95 bits per heavy atom. The molecule has 7 nitrogen and oxygen atoms in total. The Balaban J connectivity index is 4.54. The van der Waals surface area contributed by atoms with E-state index < -0.39 is 29.1 Å². The summed E-state index contributed by atoms with van der Waals surface area (Å²) in [6.07, 6.45) is 0.234. The van der Waals surface area contributed by atoms with Crippen LogP contribution in [0, 0.1) is 0 Å². The molecule has 2 atom stereocenters. The first-order valence-corrected chi connectivity index (χ1v) is 6.55. The van der Waals surface area contributed by atoms with Crippen LogP contribution in [0.3, 0.4) is 0 Å². The van der Waals surface area contributed by atoms with Crippen molar-refractivity contribution in [2.75, 3.05) is 0 Å². The summed E-state index contributed by atoms with van der Waals surface area (Å²) in [5, 5.41) is 16.6. The van der Waals surface area contributed by atoms with Gasteiger partial charge in [-0.25, -0.2) is 9.59 Å². The summed E-state index contributed by atoms with van der Waals surface area (Å²) in [6.45, 7) is 10.1. The van der Waals surface area contributed by atoms with Gasteiger partial charge >= 0.3 is 12.0 Å². The molecular formula is C13H25N3O4. The highest BCUT2D eigenvalue weighted by atomic mass is 16.4. The predicted octanol–water partition coefficient (Wildman–Crippen LogP) is 0.842. The molecule has 0 aliphatic rings. The summed E-state index contributed by atoms with van der Waals surface area (Å²) in [4.78, 5) is 34.6. The monoisotopic (exact) mass is 287 g/mol. The second-order valence-electron chi connectivity index (χ2n) is 6.05. The predicted molar refractivity (Wildman–Crippen MR) is 75.4 cm³/mol. The van der Waals surface area contributed by atoms with E-state index in [-0.39, 0.29) is 12.3 Å². The summed E-state index contributed by atoms with van der Waals surface area (Å²) < 4.78 is 0.